The quantitative estimate of drug-likeness (QED) is 0.873. The zero-order valence-corrected chi connectivity index (χ0v) is 8.48. The summed E-state index contributed by atoms with van der Waals surface area (Å²) < 4.78 is 5.84. The van der Waals surface area contributed by atoms with Gasteiger partial charge in [0.05, 0.1) is 10.4 Å². The van der Waals surface area contributed by atoms with Crippen molar-refractivity contribution >= 4 is 27.3 Å². The van der Waals surface area contributed by atoms with Crippen LogP contribution in [0.3, 0.4) is 0 Å². The summed E-state index contributed by atoms with van der Waals surface area (Å²) >= 11 is 4.88. The predicted molar refractivity (Wildman–Crippen MR) is 48.9 cm³/mol. The zero-order chi connectivity index (χ0) is 8.27. The molecule has 0 amide bonds. The highest BCUT2D eigenvalue weighted by Crippen LogP contribution is 2.25. The molecule has 62 valence electrons. The van der Waals surface area contributed by atoms with Gasteiger partial charge in [-0.1, -0.05) is 0 Å². The van der Waals surface area contributed by atoms with Crippen molar-refractivity contribution in [2.75, 3.05) is 13.7 Å². The minimum absolute atomic E-state index is 0.350. The van der Waals surface area contributed by atoms with Crippen molar-refractivity contribution in [3.8, 4) is 0 Å². The number of thiophene rings is 1. The Morgan fingerprint density at radius 2 is 2.55 bits per heavy atom. The first kappa shape index (κ1) is 9.19. The van der Waals surface area contributed by atoms with Crippen LogP contribution >= 0.6 is 27.3 Å². The van der Waals surface area contributed by atoms with E-state index in [1.807, 2.05) is 11.4 Å². The van der Waals surface area contributed by atoms with E-state index in [0.29, 0.717) is 6.61 Å². The predicted octanol–water partition coefficient (Wildman–Crippen LogP) is 2.19. The number of hydrogen-bond donors (Lipinski definition) is 1. The third kappa shape index (κ3) is 2.56. The summed E-state index contributed by atoms with van der Waals surface area (Å²) in [5.41, 5.74) is 0.906. The first-order valence-corrected chi connectivity index (χ1v) is 4.82. The molecular formula is C7H9BrO2S. The van der Waals surface area contributed by atoms with Crippen molar-refractivity contribution in [1.82, 2.24) is 0 Å². The summed E-state index contributed by atoms with van der Waals surface area (Å²) in [4.78, 5) is 0. The van der Waals surface area contributed by atoms with E-state index in [1.165, 1.54) is 0 Å². The van der Waals surface area contributed by atoms with E-state index in [4.69, 9.17) is 4.74 Å². The van der Waals surface area contributed by atoms with Gasteiger partial charge in [-0.3, -0.25) is 0 Å². The van der Waals surface area contributed by atoms with Crippen molar-refractivity contribution in [3.63, 3.8) is 0 Å². The van der Waals surface area contributed by atoms with Crippen LogP contribution in [0.4, 0.5) is 0 Å². The molecule has 0 aromatic carbocycles. The summed E-state index contributed by atoms with van der Waals surface area (Å²) in [5.74, 6) is 0. The van der Waals surface area contributed by atoms with Crippen molar-refractivity contribution in [2.45, 2.75) is 6.10 Å². The maximum absolute atomic E-state index is 9.39. The molecule has 1 rings (SSSR count). The van der Waals surface area contributed by atoms with Crippen molar-refractivity contribution in [1.29, 1.82) is 0 Å². The molecule has 0 aliphatic carbocycles. The lowest BCUT2D eigenvalue weighted by molar-refractivity contribution is 0.0646. The Bertz CT molecular complexity index is 224. The van der Waals surface area contributed by atoms with E-state index in [9.17, 15) is 5.11 Å². The summed E-state index contributed by atoms with van der Waals surface area (Å²) in [5, 5.41) is 11.3. The van der Waals surface area contributed by atoms with Crippen LogP contribution in [0.25, 0.3) is 0 Å². The first-order chi connectivity index (χ1) is 5.24. The molecule has 0 aliphatic rings. The highest BCUT2D eigenvalue weighted by molar-refractivity contribution is 9.11. The Balaban J connectivity index is 2.60. The van der Waals surface area contributed by atoms with Gasteiger partial charge < -0.3 is 9.84 Å². The van der Waals surface area contributed by atoms with Crippen molar-refractivity contribution < 1.29 is 9.84 Å². The molecule has 1 N–H and O–H groups in total. The molecule has 0 aliphatic heterocycles. The molecule has 2 nitrogen and oxygen atoms in total. The van der Waals surface area contributed by atoms with Crippen LogP contribution in [0.15, 0.2) is 15.2 Å². The molecule has 0 saturated heterocycles. The molecule has 0 bridgehead atoms. The fourth-order valence-electron chi connectivity index (χ4n) is 0.752. The molecule has 1 atom stereocenters. The van der Waals surface area contributed by atoms with Gasteiger partial charge in [0.1, 0.15) is 6.10 Å². The summed E-state index contributed by atoms with van der Waals surface area (Å²) in [6.07, 6.45) is -0.498. The van der Waals surface area contributed by atoms with Gasteiger partial charge in [-0.2, -0.15) is 0 Å². The van der Waals surface area contributed by atoms with Gasteiger partial charge in [-0.05, 0) is 32.9 Å². The second kappa shape index (κ2) is 4.21. The smallest absolute Gasteiger partial charge is 0.103 e. The second-order valence-electron chi connectivity index (χ2n) is 2.16. The van der Waals surface area contributed by atoms with E-state index < -0.39 is 6.10 Å². The van der Waals surface area contributed by atoms with E-state index in [2.05, 4.69) is 15.9 Å². The van der Waals surface area contributed by atoms with Crippen LogP contribution in [0.2, 0.25) is 0 Å². The molecule has 1 aromatic rings. The average molecular weight is 237 g/mol. The fourth-order valence-corrected chi connectivity index (χ4v) is 1.97. The minimum atomic E-state index is -0.498. The highest BCUT2D eigenvalue weighted by atomic mass is 79.9. The average Bonchev–Trinajstić information content (AvgIpc) is 2.36. The largest absolute Gasteiger partial charge is 0.386 e. The van der Waals surface area contributed by atoms with Crippen LogP contribution in [-0.4, -0.2) is 18.8 Å². The highest BCUT2D eigenvalue weighted by Gasteiger charge is 2.07. The Kier molecular flexibility index (Phi) is 3.51. The van der Waals surface area contributed by atoms with Crippen LogP contribution in [0, 0.1) is 0 Å². The van der Waals surface area contributed by atoms with Crippen LogP contribution in [0.5, 0.6) is 0 Å². The summed E-state index contributed by atoms with van der Waals surface area (Å²) in [7, 11) is 1.57. The minimum Gasteiger partial charge on any atom is -0.386 e. The molecule has 1 unspecified atom stereocenters. The molecule has 1 heterocycles. The number of methoxy groups -OCH3 is 1. The molecule has 1 aromatic heterocycles. The van der Waals surface area contributed by atoms with Gasteiger partial charge in [0, 0.05) is 7.11 Å². The topological polar surface area (TPSA) is 29.5 Å². The third-order valence-corrected chi connectivity index (χ3v) is 2.82. The molecule has 0 spiro atoms. The number of hydrogen-bond acceptors (Lipinski definition) is 3. The number of rotatable bonds is 3. The van der Waals surface area contributed by atoms with Crippen LogP contribution in [-0.2, 0) is 4.74 Å². The molecule has 4 heteroatoms. The number of aliphatic hydroxyl groups is 1. The third-order valence-electron chi connectivity index (χ3n) is 1.30. The van der Waals surface area contributed by atoms with E-state index in [-0.39, 0.29) is 0 Å². The van der Waals surface area contributed by atoms with Crippen LogP contribution < -0.4 is 0 Å². The maximum Gasteiger partial charge on any atom is 0.103 e. The normalized spacial score (nSPS) is 13.4. The molecule has 0 fully saturated rings. The van der Waals surface area contributed by atoms with Gasteiger partial charge in [0.2, 0.25) is 0 Å². The lowest BCUT2D eigenvalue weighted by atomic mass is 10.2. The SMILES string of the molecule is COCC(O)c1csc(Br)c1. The van der Waals surface area contributed by atoms with Gasteiger partial charge in [0.15, 0.2) is 0 Å². The van der Waals surface area contributed by atoms with Crippen molar-refractivity contribution in [3.05, 3.63) is 20.8 Å². The Labute approximate surface area is 77.9 Å². The molecule has 0 saturated carbocycles. The summed E-state index contributed by atoms with van der Waals surface area (Å²) in [6.45, 7) is 0.350. The Hall–Kier alpha value is 0.100. The van der Waals surface area contributed by atoms with Crippen LogP contribution in [0.1, 0.15) is 11.7 Å². The lowest BCUT2D eigenvalue weighted by Crippen LogP contribution is -2.03. The van der Waals surface area contributed by atoms with E-state index >= 15 is 0 Å². The molecule has 0 radical (unpaired) electrons. The monoisotopic (exact) mass is 236 g/mol. The lowest BCUT2D eigenvalue weighted by Gasteiger charge is -2.05. The number of ether oxygens (including phenoxy) is 1. The summed E-state index contributed by atoms with van der Waals surface area (Å²) in [6, 6.07) is 1.90. The fraction of sp³-hybridized carbons (Fsp3) is 0.429. The van der Waals surface area contributed by atoms with Crippen molar-refractivity contribution in [2.24, 2.45) is 0 Å². The molecular weight excluding hydrogens is 228 g/mol. The number of halogens is 1. The zero-order valence-electron chi connectivity index (χ0n) is 6.08. The van der Waals surface area contributed by atoms with Gasteiger partial charge in [-0.15, -0.1) is 11.3 Å². The Morgan fingerprint density at radius 3 is 3.00 bits per heavy atom. The molecule has 11 heavy (non-hydrogen) atoms. The first-order valence-electron chi connectivity index (χ1n) is 3.15. The van der Waals surface area contributed by atoms with Gasteiger partial charge in [0.25, 0.3) is 0 Å². The standard InChI is InChI=1S/C7H9BrO2S/c1-10-3-6(9)5-2-7(8)11-4-5/h2,4,6,9H,3H2,1H3. The maximum atomic E-state index is 9.39. The van der Waals surface area contributed by atoms with Gasteiger partial charge >= 0.3 is 0 Å². The second-order valence-corrected chi connectivity index (χ2v) is 4.45. The van der Waals surface area contributed by atoms with E-state index in [1.54, 1.807) is 18.4 Å². The Morgan fingerprint density at radius 1 is 1.82 bits per heavy atom. The van der Waals surface area contributed by atoms with Gasteiger partial charge in [-0.25, -0.2) is 0 Å². The van der Waals surface area contributed by atoms with E-state index in [0.717, 1.165) is 9.35 Å². The number of aliphatic hydroxyl groups excluding tert-OH is 1.